The van der Waals surface area contributed by atoms with Crippen LogP contribution in [0, 0.1) is 5.92 Å². The second-order valence-electron chi connectivity index (χ2n) is 5.52. The molecule has 0 radical (unpaired) electrons. The number of ketones is 1. The highest BCUT2D eigenvalue weighted by Gasteiger charge is 2.41. The molecule has 0 aromatic carbocycles. The Morgan fingerprint density at radius 3 is 2.94 bits per heavy atom. The summed E-state index contributed by atoms with van der Waals surface area (Å²) in [6.45, 7) is 0.737. The van der Waals surface area contributed by atoms with Crippen molar-refractivity contribution in [1.29, 1.82) is 0 Å². The van der Waals surface area contributed by atoms with Gasteiger partial charge < -0.3 is 4.74 Å². The van der Waals surface area contributed by atoms with Crippen LogP contribution in [0.5, 0.6) is 0 Å². The van der Waals surface area contributed by atoms with Crippen molar-refractivity contribution in [1.82, 2.24) is 4.98 Å². The lowest BCUT2D eigenvalue weighted by molar-refractivity contribution is -0.111. The standard InChI is InChI=1S/C14H19NO2S/c16-13(12-9-18-10-15-12)11-4-7-17-14(8-11)5-2-1-3-6-14/h9-11H,1-8H2. The summed E-state index contributed by atoms with van der Waals surface area (Å²) < 4.78 is 6.03. The van der Waals surface area contributed by atoms with Gasteiger partial charge in [-0.1, -0.05) is 19.3 Å². The number of ether oxygens (including phenoxy) is 1. The maximum absolute atomic E-state index is 12.4. The first-order chi connectivity index (χ1) is 8.79. The van der Waals surface area contributed by atoms with Crippen molar-refractivity contribution in [3.63, 3.8) is 0 Å². The van der Waals surface area contributed by atoms with Gasteiger partial charge in [0.05, 0.1) is 11.1 Å². The SMILES string of the molecule is O=C(c1cscn1)C1CCOC2(CCCCC2)C1. The van der Waals surface area contributed by atoms with E-state index in [4.69, 9.17) is 4.74 Å². The van der Waals surface area contributed by atoms with Gasteiger partial charge in [0, 0.05) is 17.9 Å². The summed E-state index contributed by atoms with van der Waals surface area (Å²) in [5.74, 6) is 0.350. The maximum atomic E-state index is 12.4. The van der Waals surface area contributed by atoms with Crippen LogP contribution >= 0.6 is 11.3 Å². The van der Waals surface area contributed by atoms with Crippen LogP contribution in [0.2, 0.25) is 0 Å². The van der Waals surface area contributed by atoms with Gasteiger partial charge in [-0.05, 0) is 25.7 Å². The second kappa shape index (κ2) is 5.10. The van der Waals surface area contributed by atoms with E-state index in [1.54, 1.807) is 5.51 Å². The van der Waals surface area contributed by atoms with Crippen LogP contribution in [0.25, 0.3) is 0 Å². The summed E-state index contributed by atoms with van der Waals surface area (Å²) in [5.41, 5.74) is 2.40. The molecule has 1 saturated carbocycles. The number of thiazole rings is 1. The molecule has 18 heavy (non-hydrogen) atoms. The third kappa shape index (κ3) is 2.36. The van der Waals surface area contributed by atoms with Crippen molar-refractivity contribution in [2.24, 2.45) is 5.92 Å². The van der Waals surface area contributed by atoms with Crippen LogP contribution in [0.1, 0.15) is 55.4 Å². The molecule has 2 heterocycles. The molecule has 4 heteroatoms. The summed E-state index contributed by atoms with van der Waals surface area (Å²) in [4.78, 5) is 16.5. The predicted molar refractivity (Wildman–Crippen MR) is 70.9 cm³/mol. The molecule has 1 aromatic rings. The summed E-state index contributed by atoms with van der Waals surface area (Å²) in [6.07, 6.45) is 7.84. The third-order valence-corrected chi connectivity index (χ3v) is 4.90. The van der Waals surface area contributed by atoms with E-state index in [1.165, 1.54) is 30.6 Å². The van der Waals surface area contributed by atoms with E-state index >= 15 is 0 Å². The zero-order valence-corrected chi connectivity index (χ0v) is 11.4. The van der Waals surface area contributed by atoms with Gasteiger partial charge in [0.2, 0.25) is 0 Å². The average Bonchev–Trinajstić information content (AvgIpc) is 2.93. The minimum atomic E-state index is 0.00679. The Bertz CT molecular complexity index is 404. The summed E-state index contributed by atoms with van der Waals surface area (Å²) in [5, 5.41) is 1.87. The predicted octanol–water partition coefficient (Wildman–Crippen LogP) is 3.46. The Labute approximate surface area is 112 Å². The number of carbonyl (C=O) groups excluding carboxylic acids is 1. The molecule has 1 unspecified atom stereocenters. The number of hydrogen-bond acceptors (Lipinski definition) is 4. The maximum Gasteiger partial charge on any atom is 0.185 e. The van der Waals surface area contributed by atoms with Crippen molar-refractivity contribution < 1.29 is 9.53 Å². The van der Waals surface area contributed by atoms with E-state index in [0.717, 1.165) is 32.3 Å². The average molecular weight is 265 g/mol. The normalized spacial score (nSPS) is 27.2. The van der Waals surface area contributed by atoms with Gasteiger partial charge in [-0.2, -0.15) is 0 Å². The molecule has 3 nitrogen and oxygen atoms in total. The molecule has 2 fully saturated rings. The van der Waals surface area contributed by atoms with Crippen LogP contribution in [-0.2, 0) is 4.74 Å². The van der Waals surface area contributed by atoms with Gasteiger partial charge >= 0.3 is 0 Å². The van der Waals surface area contributed by atoms with E-state index in [9.17, 15) is 4.79 Å². The van der Waals surface area contributed by atoms with E-state index < -0.39 is 0 Å². The smallest absolute Gasteiger partial charge is 0.185 e. The van der Waals surface area contributed by atoms with Gasteiger partial charge in [0.1, 0.15) is 5.69 Å². The first-order valence-corrected chi connectivity index (χ1v) is 7.80. The van der Waals surface area contributed by atoms with Gasteiger partial charge in [0.25, 0.3) is 0 Å². The zero-order valence-electron chi connectivity index (χ0n) is 10.6. The van der Waals surface area contributed by atoms with Crippen LogP contribution < -0.4 is 0 Å². The summed E-state index contributed by atoms with van der Waals surface area (Å²) >= 11 is 1.50. The first-order valence-electron chi connectivity index (χ1n) is 6.85. The van der Waals surface area contributed by atoms with Crippen molar-refractivity contribution in [2.75, 3.05) is 6.61 Å². The van der Waals surface area contributed by atoms with E-state index in [2.05, 4.69) is 4.98 Å². The molecule has 3 rings (SSSR count). The van der Waals surface area contributed by atoms with E-state index in [1.807, 2.05) is 5.38 Å². The van der Waals surface area contributed by atoms with Gasteiger partial charge in [-0.25, -0.2) is 4.98 Å². The van der Waals surface area contributed by atoms with Crippen molar-refractivity contribution >= 4 is 17.1 Å². The molecule has 1 aromatic heterocycles. The summed E-state index contributed by atoms with van der Waals surface area (Å²) in [7, 11) is 0. The molecule has 98 valence electrons. The topological polar surface area (TPSA) is 39.2 Å². The largest absolute Gasteiger partial charge is 0.375 e. The van der Waals surface area contributed by atoms with Crippen LogP contribution in [0.3, 0.4) is 0 Å². The highest BCUT2D eigenvalue weighted by Crippen LogP contribution is 2.41. The molecule has 1 aliphatic carbocycles. The lowest BCUT2D eigenvalue weighted by Gasteiger charge is -2.43. The molecule has 1 saturated heterocycles. The van der Waals surface area contributed by atoms with Crippen molar-refractivity contribution in [3.05, 3.63) is 16.6 Å². The molecular formula is C14H19NO2S. The number of rotatable bonds is 2. The molecule has 2 aliphatic rings. The van der Waals surface area contributed by atoms with Crippen molar-refractivity contribution in [3.8, 4) is 0 Å². The Hall–Kier alpha value is -0.740. The number of Topliss-reactive ketones (excluding diaryl/α,β-unsaturated/α-hetero) is 1. The van der Waals surface area contributed by atoms with Crippen molar-refractivity contribution in [2.45, 2.75) is 50.5 Å². The minimum absolute atomic E-state index is 0.00679. The quantitative estimate of drug-likeness (QED) is 0.769. The van der Waals surface area contributed by atoms with E-state index in [0.29, 0.717) is 5.69 Å². The third-order valence-electron chi connectivity index (χ3n) is 4.31. The Balaban J connectivity index is 1.72. The monoisotopic (exact) mass is 265 g/mol. The molecular weight excluding hydrogens is 246 g/mol. The highest BCUT2D eigenvalue weighted by molar-refractivity contribution is 7.07. The number of hydrogen-bond donors (Lipinski definition) is 0. The first kappa shape index (κ1) is 12.3. The Morgan fingerprint density at radius 2 is 2.22 bits per heavy atom. The highest BCUT2D eigenvalue weighted by atomic mass is 32.1. The zero-order chi connectivity index (χ0) is 12.4. The molecule has 0 bridgehead atoms. The van der Waals surface area contributed by atoms with Crippen LogP contribution in [-0.4, -0.2) is 23.0 Å². The molecule has 1 atom stereocenters. The van der Waals surface area contributed by atoms with E-state index in [-0.39, 0.29) is 17.3 Å². The number of carbonyl (C=O) groups is 1. The summed E-state index contributed by atoms with van der Waals surface area (Å²) in [6, 6.07) is 0. The molecule has 0 N–H and O–H groups in total. The molecule has 1 spiro atoms. The lowest BCUT2D eigenvalue weighted by atomic mass is 9.75. The van der Waals surface area contributed by atoms with Gasteiger partial charge in [0.15, 0.2) is 5.78 Å². The van der Waals surface area contributed by atoms with Gasteiger partial charge in [-0.15, -0.1) is 11.3 Å². The Morgan fingerprint density at radius 1 is 1.39 bits per heavy atom. The van der Waals surface area contributed by atoms with Crippen LogP contribution in [0.15, 0.2) is 10.9 Å². The fraction of sp³-hybridized carbons (Fsp3) is 0.714. The molecule has 0 amide bonds. The van der Waals surface area contributed by atoms with Gasteiger partial charge in [-0.3, -0.25) is 4.79 Å². The number of aromatic nitrogens is 1. The van der Waals surface area contributed by atoms with Crippen LogP contribution in [0.4, 0.5) is 0 Å². The Kier molecular flexibility index (Phi) is 3.48. The fourth-order valence-electron chi connectivity index (χ4n) is 3.34. The lowest BCUT2D eigenvalue weighted by Crippen LogP contribution is -2.43. The second-order valence-corrected chi connectivity index (χ2v) is 6.24. The number of nitrogens with zero attached hydrogens (tertiary/aromatic N) is 1. The fourth-order valence-corrected chi connectivity index (χ4v) is 3.88. The minimum Gasteiger partial charge on any atom is -0.375 e. The molecule has 1 aliphatic heterocycles.